The highest BCUT2D eigenvalue weighted by molar-refractivity contribution is 5.95. The highest BCUT2D eigenvalue weighted by Crippen LogP contribution is 2.27. The van der Waals surface area contributed by atoms with E-state index in [1.807, 2.05) is 7.05 Å². The van der Waals surface area contributed by atoms with Crippen LogP contribution >= 0.6 is 0 Å². The summed E-state index contributed by atoms with van der Waals surface area (Å²) in [5, 5.41) is 7.43. The molecule has 0 aliphatic carbocycles. The van der Waals surface area contributed by atoms with Gasteiger partial charge < -0.3 is 14.8 Å². The van der Waals surface area contributed by atoms with Gasteiger partial charge in [0.2, 0.25) is 0 Å². The van der Waals surface area contributed by atoms with Crippen LogP contribution in [-0.4, -0.2) is 48.7 Å². The van der Waals surface area contributed by atoms with Crippen LogP contribution in [0.5, 0.6) is 0 Å². The van der Waals surface area contributed by atoms with Gasteiger partial charge in [-0.15, -0.1) is 0 Å². The largest absolute Gasteiger partial charge is 0.381 e. The second kappa shape index (κ2) is 6.79. The van der Waals surface area contributed by atoms with E-state index in [0.717, 1.165) is 18.7 Å². The SMILES string of the molecule is CO[C@@H](CNC(=O)c1cn(C)nc1[C@H]1CCOC1)C(C)(C)C. The summed E-state index contributed by atoms with van der Waals surface area (Å²) >= 11 is 0. The quantitative estimate of drug-likeness (QED) is 0.899. The minimum Gasteiger partial charge on any atom is -0.381 e. The zero-order valence-electron chi connectivity index (χ0n) is 14.2. The predicted molar refractivity (Wildman–Crippen MR) is 84.0 cm³/mol. The average Bonchev–Trinajstić information content (AvgIpc) is 3.06. The summed E-state index contributed by atoms with van der Waals surface area (Å²) in [4.78, 5) is 12.5. The Balaban J connectivity index is 2.06. The fraction of sp³-hybridized carbons (Fsp3) is 0.750. The minimum atomic E-state index is -0.0960. The molecule has 6 heteroatoms. The first kappa shape index (κ1) is 17.0. The molecule has 1 aliphatic rings. The van der Waals surface area contributed by atoms with Gasteiger partial charge in [0.1, 0.15) is 0 Å². The number of amides is 1. The molecular formula is C16H27N3O3. The lowest BCUT2D eigenvalue weighted by atomic mass is 9.89. The van der Waals surface area contributed by atoms with Gasteiger partial charge in [-0.25, -0.2) is 0 Å². The Kier molecular flexibility index (Phi) is 5.24. The lowest BCUT2D eigenvalue weighted by molar-refractivity contribution is 0.0175. The number of ether oxygens (including phenoxy) is 2. The van der Waals surface area contributed by atoms with E-state index in [9.17, 15) is 4.79 Å². The maximum Gasteiger partial charge on any atom is 0.254 e. The van der Waals surface area contributed by atoms with E-state index in [4.69, 9.17) is 9.47 Å². The first-order chi connectivity index (χ1) is 10.3. The Hall–Kier alpha value is -1.40. The molecule has 22 heavy (non-hydrogen) atoms. The molecule has 0 unspecified atom stereocenters. The van der Waals surface area contributed by atoms with Crippen LogP contribution in [0.1, 0.15) is 49.2 Å². The Morgan fingerprint density at radius 2 is 2.32 bits per heavy atom. The third-order valence-electron chi connectivity index (χ3n) is 4.12. The average molecular weight is 309 g/mol. The van der Waals surface area contributed by atoms with Crippen molar-refractivity contribution in [2.75, 3.05) is 26.9 Å². The van der Waals surface area contributed by atoms with Gasteiger partial charge in [0, 0.05) is 39.4 Å². The number of hydrogen-bond acceptors (Lipinski definition) is 4. The second-order valence-electron chi connectivity index (χ2n) is 6.96. The maximum atomic E-state index is 12.5. The topological polar surface area (TPSA) is 65.4 Å². The van der Waals surface area contributed by atoms with Gasteiger partial charge in [-0.1, -0.05) is 20.8 Å². The van der Waals surface area contributed by atoms with E-state index in [0.29, 0.717) is 18.7 Å². The van der Waals surface area contributed by atoms with Crippen LogP contribution in [0, 0.1) is 5.41 Å². The smallest absolute Gasteiger partial charge is 0.254 e. The molecule has 0 spiro atoms. The summed E-state index contributed by atoms with van der Waals surface area (Å²) in [5.41, 5.74) is 1.45. The molecule has 1 aromatic heterocycles. The van der Waals surface area contributed by atoms with Crippen molar-refractivity contribution in [3.8, 4) is 0 Å². The van der Waals surface area contributed by atoms with Crippen molar-refractivity contribution < 1.29 is 14.3 Å². The van der Waals surface area contributed by atoms with E-state index in [2.05, 4.69) is 31.2 Å². The van der Waals surface area contributed by atoms with Crippen LogP contribution in [0.3, 0.4) is 0 Å². The molecule has 1 N–H and O–H groups in total. The van der Waals surface area contributed by atoms with E-state index >= 15 is 0 Å². The molecule has 1 amide bonds. The van der Waals surface area contributed by atoms with Gasteiger partial charge in [-0.05, 0) is 11.8 Å². The summed E-state index contributed by atoms with van der Waals surface area (Å²) in [5.74, 6) is 0.115. The standard InChI is InChI=1S/C16H27N3O3/c1-16(2,3)13(21-5)8-17-15(20)12-9-19(4)18-14(12)11-6-7-22-10-11/h9,11,13H,6-8,10H2,1-5H3,(H,17,20)/t11-,13-/m0/s1. The molecule has 2 rings (SSSR count). The van der Waals surface area contributed by atoms with Crippen molar-refractivity contribution in [2.24, 2.45) is 12.5 Å². The van der Waals surface area contributed by atoms with E-state index in [1.165, 1.54) is 0 Å². The van der Waals surface area contributed by atoms with Crippen LogP contribution in [0.25, 0.3) is 0 Å². The lowest BCUT2D eigenvalue weighted by Gasteiger charge is -2.29. The summed E-state index contributed by atoms with van der Waals surface area (Å²) in [6.07, 6.45) is 2.66. The fourth-order valence-corrected chi connectivity index (χ4v) is 2.76. The first-order valence-electron chi connectivity index (χ1n) is 7.75. The molecule has 1 aliphatic heterocycles. The lowest BCUT2D eigenvalue weighted by Crippen LogP contribution is -2.40. The molecule has 0 saturated carbocycles. The molecule has 124 valence electrons. The molecule has 1 saturated heterocycles. The number of nitrogens with one attached hydrogen (secondary N) is 1. The van der Waals surface area contributed by atoms with Crippen LogP contribution in [0.2, 0.25) is 0 Å². The maximum absolute atomic E-state index is 12.5. The van der Waals surface area contributed by atoms with Crippen LogP contribution in [0.15, 0.2) is 6.20 Å². The number of carbonyl (C=O) groups is 1. The molecule has 0 radical (unpaired) electrons. The molecule has 2 atom stereocenters. The van der Waals surface area contributed by atoms with Crippen LogP contribution < -0.4 is 5.32 Å². The number of rotatable bonds is 5. The van der Waals surface area contributed by atoms with Crippen LogP contribution in [-0.2, 0) is 16.5 Å². The molecule has 2 heterocycles. The monoisotopic (exact) mass is 309 g/mol. The summed E-state index contributed by atoms with van der Waals surface area (Å²) in [7, 11) is 3.51. The summed E-state index contributed by atoms with van der Waals surface area (Å²) in [6, 6.07) is 0. The molecule has 1 fully saturated rings. The Bertz CT molecular complexity index is 513. The van der Waals surface area contributed by atoms with Crippen molar-refractivity contribution in [3.63, 3.8) is 0 Å². The van der Waals surface area contributed by atoms with E-state index in [-0.39, 0.29) is 23.3 Å². The zero-order valence-corrected chi connectivity index (χ0v) is 14.2. The number of carbonyl (C=O) groups excluding carboxylic acids is 1. The normalized spacial score (nSPS) is 20.1. The second-order valence-corrected chi connectivity index (χ2v) is 6.96. The third kappa shape index (κ3) is 3.87. The summed E-state index contributed by atoms with van der Waals surface area (Å²) in [6.45, 7) is 8.14. The van der Waals surface area contributed by atoms with Crippen molar-refractivity contribution in [1.82, 2.24) is 15.1 Å². The number of aromatic nitrogens is 2. The Morgan fingerprint density at radius 3 is 2.86 bits per heavy atom. The van der Waals surface area contributed by atoms with Gasteiger partial charge in [0.15, 0.2) is 0 Å². The van der Waals surface area contributed by atoms with E-state index < -0.39 is 0 Å². The van der Waals surface area contributed by atoms with Gasteiger partial charge in [0.05, 0.1) is 24.0 Å². The van der Waals surface area contributed by atoms with Gasteiger partial charge in [-0.3, -0.25) is 9.48 Å². The number of nitrogens with zero attached hydrogens (tertiary/aromatic N) is 2. The van der Waals surface area contributed by atoms with Crippen molar-refractivity contribution >= 4 is 5.91 Å². The number of hydrogen-bond donors (Lipinski definition) is 1. The van der Waals surface area contributed by atoms with Crippen molar-refractivity contribution in [2.45, 2.75) is 39.2 Å². The van der Waals surface area contributed by atoms with Gasteiger partial charge in [-0.2, -0.15) is 5.10 Å². The summed E-state index contributed by atoms with van der Waals surface area (Å²) < 4.78 is 12.6. The molecule has 6 nitrogen and oxygen atoms in total. The third-order valence-corrected chi connectivity index (χ3v) is 4.12. The fourth-order valence-electron chi connectivity index (χ4n) is 2.76. The highest BCUT2D eigenvalue weighted by Gasteiger charge is 2.28. The van der Waals surface area contributed by atoms with Gasteiger partial charge >= 0.3 is 0 Å². The minimum absolute atomic E-state index is 0.0287. The molecule has 0 bridgehead atoms. The van der Waals surface area contributed by atoms with Gasteiger partial charge in [0.25, 0.3) is 5.91 Å². The van der Waals surface area contributed by atoms with Crippen molar-refractivity contribution in [3.05, 3.63) is 17.5 Å². The molecule has 0 aromatic carbocycles. The molecular weight excluding hydrogens is 282 g/mol. The first-order valence-corrected chi connectivity index (χ1v) is 7.75. The van der Waals surface area contributed by atoms with Crippen LogP contribution in [0.4, 0.5) is 0 Å². The van der Waals surface area contributed by atoms with Crippen molar-refractivity contribution in [1.29, 1.82) is 0 Å². The molecule has 1 aromatic rings. The number of methoxy groups -OCH3 is 1. The Morgan fingerprint density at radius 1 is 1.59 bits per heavy atom. The highest BCUT2D eigenvalue weighted by atomic mass is 16.5. The Labute approximate surface area is 132 Å². The number of aryl methyl sites for hydroxylation is 1. The zero-order chi connectivity index (χ0) is 16.3. The predicted octanol–water partition coefficient (Wildman–Crippen LogP) is 1.71. The van der Waals surface area contributed by atoms with E-state index in [1.54, 1.807) is 18.0 Å².